The summed E-state index contributed by atoms with van der Waals surface area (Å²) in [5, 5.41) is 0. The second kappa shape index (κ2) is 4.53. The van der Waals surface area contributed by atoms with Crippen molar-refractivity contribution in [3.8, 4) is 0 Å². The number of nitrogens with zero attached hydrogens (tertiary/aromatic N) is 1. The van der Waals surface area contributed by atoms with Gasteiger partial charge in [-0.1, -0.05) is 0 Å². The fourth-order valence-electron chi connectivity index (χ4n) is 1.86. The predicted molar refractivity (Wildman–Crippen MR) is 48.0 cm³/mol. The van der Waals surface area contributed by atoms with E-state index in [0.29, 0.717) is 0 Å². The lowest BCUT2D eigenvalue weighted by molar-refractivity contribution is 0.111. The van der Waals surface area contributed by atoms with Gasteiger partial charge in [-0.15, -0.1) is 0 Å². The van der Waals surface area contributed by atoms with Crippen LogP contribution in [-0.2, 0) is 4.57 Å². The quantitative estimate of drug-likeness (QED) is 0.495. The molecule has 0 aromatic rings. The molecule has 0 atom stereocenters. The summed E-state index contributed by atoms with van der Waals surface area (Å²) in [6.07, 6.45) is 4.46. The van der Waals surface area contributed by atoms with Crippen molar-refractivity contribution >= 4 is 7.82 Å². The molecule has 13 heavy (non-hydrogen) atoms. The van der Waals surface area contributed by atoms with Gasteiger partial charge in [0, 0.05) is 0 Å². The molecule has 0 amide bonds. The molecule has 0 aromatic heterocycles. The van der Waals surface area contributed by atoms with Crippen LogP contribution < -0.4 is 0 Å². The van der Waals surface area contributed by atoms with Crippen molar-refractivity contribution in [2.45, 2.75) is 19.3 Å². The molecule has 0 saturated carbocycles. The molecule has 0 radical (unpaired) electrons. The highest BCUT2D eigenvalue weighted by atomic mass is 31.2. The summed E-state index contributed by atoms with van der Waals surface area (Å²) in [6, 6.07) is 0. The number of piperidine rings is 3. The molecule has 3 aliphatic heterocycles. The molecular formula is C7H16NO4P. The molecule has 3 heterocycles. The van der Waals surface area contributed by atoms with Crippen LogP contribution in [0.5, 0.6) is 0 Å². The van der Waals surface area contributed by atoms with Gasteiger partial charge in [0.2, 0.25) is 0 Å². The van der Waals surface area contributed by atoms with E-state index in [2.05, 4.69) is 4.90 Å². The van der Waals surface area contributed by atoms with Crippen molar-refractivity contribution in [1.82, 2.24) is 4.90 Å². The van der Waals surface area contributed by atoms with Crippen molar-refractivity contribution in [3.63, 3.8) is 0 Å². The van der Waals surface area contributed by atoms with E-state index < -0.39 is 7.82 Å². The standard InChI is InChI=1S/C7H13N.H3O4P/c1-4-8-5-2-7(1)3-6-8;1-5(2,3)4/h7H,1-6H2;(H3,1,2,3,4). The van der Waals surface area contributed by atoms with E-state index in [1.807, 2.05) is 0 Å². The van der Waals surface area contributed by atoms with Gasteiger partial charge in [-0.25, -0.2) is 4.57 Å². The fraction of sp³-hybridized carbons (Fsp3) is 1.00. The Balaban J connectivity index is 0.000000149. The molecule has 2 bridgehead atoms. The van der Waals surface area contributed by atoms with Gasteiger partial charge in [0.05, 0.1) is 0 Å². The van der Waals surface area contributed by atoms with E-state index in [1.165, 1.54) is 38.9 Å². The smallest absolute Gasteiger partial charge is 0.303 e. The third-order valence-corrected chi connectivity index (χ3v) is 2.56. The van der Waals surface area contributed by atoms with Crippen LogP contribution in [-0.4, -0.2) is 39.2 Å². The Hall–Kier alpha value is 0.0700. The maximum absolute atomic E-state index is 8.88. The monoisotopic (exact) mass is 209 g/mol. The Morgan fingerprint density at radius 2 is 1.31 bits per heavy atom. The molecule has 0 spiro atoms. The van der Waals surface area contributed by atoms with Crippen LogP contribution in [0.15, 0.2) is 0 Å². The number of rotatable bonds is 0. The van der Waals surface area contributed by atoms with Crippen molar-refractivity contribution < 1.29 is 19.2 Å². The minimum atomic E-state index is -4.64. The normalized spacial score (nSPS) is 32.2. The van der Waals surface area contributed by atoms with Gasteiger partial charge in [0.25, 0.3) is 0 Å². The van der Waals surface area contributed by atoms with E-state index >= 15 is 0 Å². The second-order valence-electron chi connectivity index (χ2n) is 3.59. The molecule has 3 N–H and O–H groups in total. The van der Waals surface area contributed by atoms with E-state index in [1.54, 1.807) is 0 Å². The summed E-state index contributed by atoms with van der Waals surface area (Å²) < 4.78 is 8.88. The summed E-state index contributed by atoms with van der Waals surface area (Å²) in [4.78, 5) is 24.1. The van der Waals surface area contributed by atoms with Gasteiger partial charge in [0.1, 0.15) is 0 Å². The average Bonchev–Trinajstić information content (AvgIpc) is 2.05. The zero-order valence-corrected chi connectivity index (χ0v) is 8.36. The molecule has 3 rings (SSSR count). The van der Waals surface area contributed by atoms with Gasteiger partial charge >= 0.3 is 7.82 Å². The minimum Gasteiger partial charge on any atom is -0.303 e. The zero-order chi connectivity index (χ0) is 9.90. The zero-order valence-electron chi connectivity index (χ0n) is 7.46. The molecule has 78 valence electrons. The Kier molecular flexibility index (Phi) is 3.88. The predicted octanol–water partition coefficient (Wildman–Crippen LogP) is 0.173. The van der Waals surface area contributed by atoms with Gasteiger partial charge in [-0.05, 0) is 44.8 Å². The molecule has 3 aliphatic rings. The third-order valence-electron chi connectivity index (χ3n) is 2.56. The number of fused-ring (bicyclic) bond motifs is 3. The molecule has 3 fully saturated rings. The largest absolute Gasteiger partial charge is 0.466 e. The van der Waals surface area contributed by atoms with Gasteiger partial charge in [-0.2, -0.15) is 0 Å². The summed E-state index contributed by atoms with van der Waals surface area (Å²) >= 11 is 0. The molecule has 5 nitrogen and oxygen atoms in total. The van der Waals surface area contributed by atoms with Gasteiger partial charge in [-0.3, -0.25) is 0 Å². The van der Waals surface area contributed by atoms with Crippen LogP contribution in [0.3, 0.4) is 0 Å². The summed E-state index contributed by atoms with van der Waals surface area (Å²) in [5.74, 6) is 1.11. The lowest BCUT2D eigenvalue weighted by Gasteiger charge is -2.38. The lowest BCUT2D eigenvalue weighted by atomic mass is 9.89. The minimum absolute atomic E-state index is 1.11. The molecule has 0 aliphatic carbocycles. The Morgan fingerprint density at radius 1 is 1.00 bits per heavy atom. The molecule has 3 saturated heterocycles. The summed E-state index contributed by atoms with van der Waals surface area (Å²) in [5.41, 5.74) is 0. The number of hydrogen-bond donors (Lipinski definition) is 3. The van der Waals surface area contributed by atoms with Crippen molar-refractivity contribution in [2.24, 2.45) is 5.92 Å². The van der Waals surface area contributed by atoms with Gasteiger partial charge in [0.15, 0.2) is 0 Å². The van der Waals surface area contributed by atoms with E-state index in [-0.39, 0.29) is 0 Å². The van der Waals surface area contributed by atoms with Crippen molar-refractivity contribution in [2.75, 3.05) is 19.6 Å². The summed E-state index contributed by atoms with van der Waals surface area (Å²) in [7, 11) is -4.64. The van der Waals surface area contributed by atoms with E-state index in [4.69, 9.17) is 19.2 Å². The maximum atomic E-state index is 8.88. The van der Waals surface area contributed by atoms with Crippen molar-refractivity contribution in [3.05, 3.63) is 0 Å². The van der Waals surface area contributed by atoms with Crippen molar-refractivity contribution in [1.29, 1.82) is 0 Å². The van der Waals surface area contributed by atoms with Crippen LogP contribution >= 0.6 is 7.82 Å². The SMILES string of the molecule is C1CN2CCC1CC2.O=P(O)(O)O. The van der Waals surface area contributed by atoms with Crippen LogP contribution in [0.1, 0.15) is 19.3 Å². The van der Waals surface area contributed by atoms with Gasteiger partial charge < -0.3 is 19.6 Å². The van der Waals surface area contributed by atoms with Crippen LogP contribution in [0.4, 0.5) is 0 Å². The molecule has 0 unspecified atom stereocenters. The van der Waals surface area contributed by atoms with E-state index in [9.17, 15) is 0 Å². The molecular weight excluding hydrogens is 193 g/mol. The highest BCUT2D eigenvalue weighted by Gasteiger charge is 2.24. The first-order chi connectivity index (χ1) is 5.95. The second-order valence-corrected chi connectivity index (χ2v) is 4.61. The number of hydrogen-bond acceptors (Lipinski definition) is 2. The number of phosphoric acid groups is 1. The average molecular weight is 209 g/mol. The Morgan fingerprint density at radius 3 is 1.38 bits per heavy atom. The van der Waals surface area contributed by atoms with Crippen LogP contribution in [0.2, 0.25) is 0 Å². The first kappa shape index (κ1) is 11.1. The lowest BCUT2D eigenvalue weighted by Crippen LogP contribution is -2.41. The van der Waals surface area contributed by atoms with Crippen LogP contribution in [0.25, 0.3) is 0 Å². The third kappa shape index (κ3) is 5.39. The highest BCUT2D eigenvalue weighted by Crippen LogP contribution is 2.26. The first-order valence-electron chi connectivity index (χ1n) is 4.46. The Bertz CT molecular complexity index is 165. The highest BCUT2D eigenvalue weighted by molar-refractivity contribution is 7.45. The first-order valence-corrected chi connectivity index (χ1v) is 6.02. The molecule has 0 aromatic carbocycles. The topological polar surface area (TPSA) is 81.0 Å². The maximum Gasteiger partial charge on any atom is 0.466 e. The molecule has 6 heteroatoms. The summed E-state index contributed by atoms with van der Waals surface area (Å²) in [6.45, 7) is 4.18. The Labute approximate surface area is 77.6 Å². The fourth-order valence-corrected chi connectivity index (χ4v) is 1.86. The van der Waals surface area contributed by atoms with Crippen LogP contribution in [0, 0.1) is 5.92 Å². The van der Waals surface area contributed by atoms with E-state index in [0.717, 1.165) is 5.92 Å².